The highest BCUT2D eigenvalue weighted by Crippen LogP contribution is 2.29. The van der Waals surface area contributed by atoms with Crippen LogP contribution in [-0.2, 0) is 11.3 Å². The van der Waals surface area contributed by atoms with Crippen molar-refractivity contribution in [1.82, 2.24) is 5.32 Å². The first kappa shape index (κ1) is 13.8. The number of halogens is 1. The van der Waals surface area contributed by atoms with Crippen molar-refractivity contribution in [3.05, 3.63) is 69.7 Å². The molecule has 0 aromatic heterocycles. The van der Waals surface area contributed by atoms with Crippen LogP contribution in [0.1, 0.15) is 35.7 Å². The average molecular weight is 332 g/mol. The molecule has 2 aromatic carbocycles. The Morgan fingerprint density at radius 2 is 1.90 bits per heavy atom. The Hall–Kier alpha value is -1.16. The summed E-state index contributed by atoms with van der Waals surface area (Å²) in [5.41, 5.74) is 3.92. The molecule has 0 aliphatic carbocycles. The molecule has 0 bridgehead atoms. The van der Waals surface area contributed by atoms with E-state index in [-0.39, 0.29) is 12.1 Å². The third-order valence-electron chi connectivity index (χ3n) is 3.80. The molecule has 3 rings (SSSR count). The van der Waals surface area contributed by atoms with Crippen LogP contribution in [0.2, 0.25) is 0 Å². The molecule has 1 aliphatic heterocycles. The van der Waals surface area contributed by atoms with E-state index < -0.39 is 0 Å². The van der Waals surface area contributed by atoms with Crippen LogP contribution in [-0.4, -0.2) is 6.61 Å². The van der Waals surface area contributed by atoms with Gasteiger partial charge >= 0.3 is 0 Å². The zero-order valence-electron chi connectivity index (χ0n) is 11.5. The van der Waals surface area contributed by atoms with Crippen molar-refractivity contribution in [3.63, 3.8) is 0 Å². The lowest BCUT2D eigenvalue weighted by Crippen LogP contribution is -2.31. The van der Waals surface area contributed by atoms with E-state index in [9.17, 15) is 0 Å². The van der Waals surface area contributed by atoms with Gasteiger partial charge in [-0.05, 0) is 29.7 Å². The number of benzene rings is 2. The summed E-state index contributed by atoms with van der Waals surface area (Å²) in [4.78, 5) is 0. The van der Waals surface area contributed by atoms with Gasteiger partial charge in [-0.15, -0.1) is 0 Å². The zero-order valence-corrected chi connectivity index (χ0v) is 13.1. The Bertz CT molecular complexity index is 599. The Balaban J connectivity index is 1.81. The van der Waals surface area contributed by atoms with Gasteiger partial charge in [0.05, 0.1) is 19.3 Å². The highest BCUT2D eigenvalue weighted by molar-refractivity contribution is 9.10. The molecule has 1 aliphatic rings. The predicted molar refractivity (Wildman–Crippen MR) is 84.5 cm³/mol. The molecule has 1 heterocycles. The third-order valence-corrected chi connectivity index (χ3v) is 4.52. The fraction of sp³-hybridized carbons (Fsp3) is 0.294. The van der Waals surface area contributed by atoms with Gasteiger partial charge in [-0.1, -0.05) is 58.4 Å². The van der Waals surface area contributed by atoms with Crippen molar-refractivity contribution in [1.29, 1.82) is 0 Å². The van der Waals surface area contributed by atoms with Gasteiger partial charge < -0.3 is 10.1 Å². The maximum atomic E-state index is 5.70. The normalized spacial score (nSPS) is 19.4. The quantitative estimate of drug-likeness (QED) is 0.901. The number of fused-ring (bicyclic) bond motifs is 1. The van der Waals surface area contributed by atoms with Crippen LogP contribution < -0.4 is 5.32 Å². The lowest BCUT2D eigenvalue weighted by molar-refractivity contribution is 0.0790. The van der Waals surface area contributed by atoms with E-state index in [0.717, 1.165) is 17.7 Å². The lowest BCUT2D eigenvalue weighted by Gasteiger charge is -2.29. The fourth-order valence-electron chi connectivity index (χ4n) is 2.74. The number of nitrogens with one attached hydrogen (secondary N) is 1. The molecule has 0 fully saturated rings. The summed E-state index contributed by atoms with van der Waals surface area (Å²) in [7, 11) is 0. The molecular formula is C17H18BrNO. The maximum absolute atomic E-state index is 5.70. The van der Waals surface area contributed by atoms with Gasteiger partial charge in [0, 0.05) is 10.5 Å². The first-order valence-electron chi connectivity index (χ1n) is 6.91. The van der Waals surface area contributed by atoms with Gasteiger partial charge in [-0.25, -0.2) is 0 Å². The summed E-state index contributed by atoms with van der Waals surface area (Å²) < 4.78 is 6.84. The summed E-state index contributed by atoms with van der Waals surface area (Å²) in [6.45, 7) is 3.64. The van der Waals surface area contributed by atoms with E-state index in [2.05, 4.69) is 70.6 Å². The molecule has 0 spiro atoms. The van der Waals surface area contributed by atoms with Crippen LogP contribution in [0, 0.1) is 0 Å². The van der Waals surface area contributed by atoms with Crippen molar-refractivity contribution >= 4 is 15.9 Å². The second-order valence-electron chi connectivity index (χ2n) is 5.18. The Morgan fingerprint density at radius 3 is 2.75 bits per heavy atom. The molecule has 1 unspecified atom stereocenters. The monoisotopic (exact) mass is 331 g/mol. The zero-order chi connectivity index (χ0) is 13.9. The van der Waals surface area contributed by atoms with Crippen molar-refractivity contribution < 1.29 is 4.74 Å². The second-order valence-corrected chi connectivity index (χ2v) is 6.03. The van der Waals surface area contributed by atoms with Gasteiger partial charge in [-0.3, -0.25) is 0 Å². The Kier molecular flexibility index (Phi) is 4.20. The van der Waals surface area contributed by atoms with Crippen molar-refractivity contribution in [2.24, 2.45) is 0 Å². The van der Waals surface area contributed by atoms with E-state index in [1.54, 1.807) is 0 Å². The summed E-state index contributed by atoms with van der Waals surface area (Å²) in [5, 5.41) is 3.68. The first-order valence-corrected chi connectivity index (χ1v) is 7.71. The van der Waals surface area contributed by atoms with Crippen LogP contribution in [0.4, 0.5) is 0 Å². The van der Waals surface area contributed by atoms with E-state index >= 15 is 0 Å². The van der Waals surface area contributed by atoms with Crippen LogP contribution in [0.25, 0.3) is 0 Å². The molecule has 0 amide bonds. The van der Waals surface area contributed by atoms with E-state index in [4.69, 9.17) is 4.74 Å². The molecule has 20 heavy (non-hydrogen) atoms. The molecule has 3 heteroatoms. The smallest absolute Gasteiger partial charge is 0.0721 e. The molecule has 0 saturated heterocycles. The number of hydrogen-bond acceptors (Lipinski definition) is 2. The van der Waals surface area contributed by atoms with Crippen LogP contribution in [0.15, 0.2) is 53.0 Å². The highest BCUT2D eigenvalue weighted by Gasteiger charge is 2.22. The summed E-state index contributed by atoms with van der Waals surface area (Å²) in [6, 6.07) is 17.4. The minimum atomic E-state index is 0.252. The molecule has 0 saturated carbocycles. The molecular weight excluding hydrogens is 314 g/mol. The van der Waals surface area contributed by atoms with Gasteiger partial charge in [0.2, 0.25) is 0 Å². The Labute approximate surface area is 128 Å². The molecule has 104 valence electrons. The van der Waals surface area contributed by atoms with Crippen molar-refractivity contribution in [2.75, 3.05) is 6.61 Å². The molecule has 2 aromatic rings. The number of hydrogen-bond donors (Lipinski definition) is 1. The van der Waals surface area contributed by atoms with Gasteiger partial charge in [0.15, 0.2) is 0 Å². The standard InChI is InChI=1S/C17H18BrNO/c1-12(14-7-4-5-9-16(14)18)19-17-11-20-10-13-6-2-3-8-15(13)17/h2-9,12,17,19H,10-11H2,1H3/t12-,17?/m1/s1. The fourth-order valence-corrected chi connectivity index (χ4v) is 3.37. The highest BCUT2D eigenvalue weighted by atomic mass is 79.9. The van der Waals surface area contributed by atoms with Crippen LogP contribution in [0.5, 0.6) is 0 Å². The minimum absolute atomic E-state index is 0.252. The summed E-state index contributed by atoms with van der Waals surface area (Å²) in [5.74, 6) is 0. The van der Waals surface area contributed by atoms with Crippen molar-refractivity contribution in [2.45, 2.75) is 25.6 Å². The van der Waals surface area contributed by atoms with Crippen LogP contribution in [0.3, 0.4) is 0 Å². The summed E-state index contributed by atoms with van der Waals surface area (Å²) >= 11 is 3.62. The lowest BCUT2D eigenvalue weighted by atomic mass is 9.97. The van der Waals surface area contributed by atoms with E-state index in [1.165, 1.54) is 16.7 Å². The van der Waals surface area contributed by atoms with Gasteiger partial charge in [0.1, 0.15) is 0 Å². The molecule has 2 atom stereocenters. The second kappa shape index (κ2) is 6.08. The minimum Gasteiger partial charge on any atom is -0.375 e. The maximum Gasteiger partial charge on any atom is 0.0721 e. The van der Waals surface area contributed by atoms with Crippen molar-refractivity contribution in [3.8, 4) is 0 Å². The van der Waals surface area contributed by atoms with E-state index in [0.29, 0.717) is 0 Å². The predicted octanol–water partition coefficient (Wildman–Crippen LogP) is 4.37. The SMILES string of the molecule is C[C@@H](NC1COCc2ccccc21)c1ccccc1Br. The van der Waals surface area contributed by atoms with E-state index in [1.807, 2.05) is 6.07 Å². The first-order chi connectivity index (χ1) is 9.75. The number of rotatable bonds is 3. The molecule has 0 radical (unpaired) electrons. The molecule has 2 nitrogen and oxygen atoms in total. The third kappa shape index (κ3) is 2.80. The molecule has 1 N–H and O–H groups in total. The Morgan fingerprint density at radius 1 is 1.15 bits per heavy atom. The summed E-state index contributed by atoms with van der Waals surface area (Å²) in [6.07, 6.45) is 0. The topological polar surface area (TPSA) is 21.3 Å². The van der Waals surface area contributed by atoms with Crippen LogP contribution >= 0.6 is 15.9 Å². The largest absolute Gasteiger partial charge is 0.375 e. The van der Waals surface area contributed by atoms with Gasteiger partial charge in [-0.2, -0.15) is 0 Å². The number of ether oxygens (including phenoxy) is 1. The van der Waals surface area contributed by atoms with Gasteiger partial charge in [0.25, 0.3) is 0 Å². The average Bonchev–Trinajstić information content (AvgIpc) is 2.48.